The first-order valence-electron chi connectivity index (χ1n) is 8.38. The number of aliphatic hydroxyl groups excluding tert-OH is 1. The van der Waals surface area contributed by atoms with Crippen molar-refractivity contribution < 1.29 is 5.11 Å². The first-order chi connectivity index (χ1) is 9.22. The molecule has 2 rings (SSSR count). The van der Waals surface area contributed by atoms with Gasteiger partial charge in [-0.25, -0.2) is 0 Å². The quantitative estimate of drug-likeness (QED) is 0.852. The summed E-state index contributed by atoms with van der Waals surface area (Å²) in [6.45, 7) is 9.25. The first kappa shape index (κ1) is 15.3. The largest absolute Gasteiger partial charge is 0.391 e. The number of aliphatic hydroxyl groups is 1. The van der Waals surface area contributed by atoms with E-state index in [0.29, 0.717) is 12.1 Å². The van der Waals surface area contributed by atoms with Gasteiger partial charge in [-0.05, 0) is 26.2 Å². The van der Waals surface area contributed by atoms with Crippen LogP contribution in [0.25, 0.3) is 0 Å². The van der Waals surface area contributed by atoms with Crippen molar-refractivity contribution >= 4 is 0 Å². The van der Waals surface area contributed by atoms with Crippen LogP contribution in [0.3, 0.4) is 0 Å². The zero-order chi connectivity index (χ0) is 13.7. The molecule has 3 atom stereocenters. The van der Waals surface area contributed by atoms with Gasteiger partial charge in [0, 0.05) is 38.3 Å². The number of hydrogen-bond acceptors (Lipinski definition) is 3. The van der Waals surface area contributed by atoms with E-state index in [0.717, 1.165) is 19.5 Å². The standard InChI is InChI=1S/C16H32N2O/c1-3-14(2)17-10-12-18(13-11-17)15-8-6-4-5-7-9-16(15)19/h14-16,19H,3-13H2,1-2H3. The number of piperazine rings is 1. The Hall–Kier alpha value is -0.120. The predicted octanol–water partition coefficient (Wildman–Crippen LogP) is 2.49. The third kappa shape index (κ3) is 4.17. The van der Waals surface area contributed by atoms with Crippen LogP contribution in [0.1, 0.15) is 58.8 Å². The summed E-state index contributed by atoms with van der Waals surface area (Å²) in [5, 5.41) is 10.4. The Morgan fingerprint density at radius 2 is 1.63 bits per heavy atom. The smallest absolute Gasteiger partial charge is 0.0695 e. The molecule has 0 aromatic heterocycles. The van der Waals surface area contributed by atoms with E-state index in [1.165, 1.54) is 51.6 Å². The van der Waals surface area contributed by atoms with Crippen LogP contribution in [0.15, 0.2) is 0 Å². The third-order valence-corrected chi connectivity index (χ3v) is 5.23. The van der Waals surface area contributed by atoms with Crippen molar-refractivity contribution in [3.63, 3.8) is 0 Å². The molecule has 1 heterocycles. The van der Waals surface area contributed by atoms with Gasteiger partial charge in [0.2, 0.25) is 0 Å². The molecule has 0 aromatic carbocycles. The molecule has 0 amide bonds. The summed E-state index contributed by atoms with van der Waals surface area (Å²) in [4.78, 5) is 5.17. The SMILES string of the molecule is CCC(C)N1CCN(C2CCCCCCC2O)CC1. The molecule has 1 aliphatic heterocycles. The van der Waals surface area contributed by atoms with E-state index in [9.17, 15) is 5.11 Å². The summed E-state index contributed by atoms with van der Waals surface area (Å²) in [5.41, 5.74) is 0. The summed E-state index contributed by atoms with van der Waals surface area (Å²) < 4.78 is 0. The second kappa shape index (κ2) is 7.61. The molecule has 19 heavy (non-hydrogen) atoms. The van der Waals surface area contributed by atoms with Crippen LogP contribution >= 0.6 is 0 Å². The van der Waals surface area contributed by atoms with Gasteiger partial charge in [-0.15, -0.1) is 0 Å². The Morgan fingerprint density at radius 3 is 2.26 bits per heavy atom. The normalized spacial score (nSPS) is 33.6. The van der Waals surface area contributed by atoms with Crippen LogP contribution in [0, 0.1) is 0 Å². The van der Waals surface area contributed by atoms with E-state index < -0.39 is 0 Å². The zero-order valence-electron chi connectivity index (χ0n) is 12.9. The van der Waals surface area contributed by atoms with Crippen LogP contribution in [0.2, 0.25) is 0 Å². The number of rotatable bonds is 3. The average Bonchev–Trinajstić information content (AvgIpc) is 2.43. The predicted molar refractivity (Wildman–Crippen MR) is 80.4 cm³/mol. The van der Waals surface area contributed by atoms with Crippen molar-refractivity contribution in [3.8, 4) is 0 Å². The minimum atomic E-state index is -0.0875. The van der Waals surface area contributed by atoms with Gasteiger partial charge in [0.1, 0.15) is 0 Å². The lowest BCUT2D eigenvalue weighted by Gasteiger charge is -2.43. The highest BCUT2D eigenvalue weighted by Gasteiger charge is 2.30. The van der Waals surface area contributed by atoms with Crippen molar-refractivity contribution in [1.29, 1.82) is 0 Å². The molecule has 1 saturated heterocycles. The molecule has 0 bridgehead atoms. The summed E-state index contributed by atoms with van der Waals surface area (Å²) in [7, 11) is 0. The van der Waals surface area contributed by atoms with Crippen molar-refractivity contribution in [2.45, 2.75) is 77.0 Å². The molecule has 1 aliphatic carbocycles. The van der Waals surface area contributed by atoms with Gasteiger partial charge in [0.15, 0.2) is 0 Å². The van der Waals surface area contributed by atoms with Crippen molar-refractivity contribution in [2.24, 2.45) is 0 Å². The van der Waals surface area contributed by atoms with Crippen LogP contribution in [-0.4, -0.2) is 59.3 Å². The number of hydrogen-bond donors (Lipinski definition) is 1. The molecular weight excluding hydrogens is 236 g/mol. The van der Waals surface area contributed by atoms with Gasteiger partial charge in [-0.3, -0.25) is 9.80 Å². The van der Waals surface area contributed by atoms with E-state index in [1.54, 1.807) is 0 Å². The molecule has 1 N–H and O–H groups in total. The monoisotopic (exact) mass is 268 g/mol. The molecular formula is C16H32N2O. The highest BCUT2D eigenvalue weighted by atomic mass is 16.3. The zero-order valence-corrected chi connectivity index (χ0v) is 12.9. The van der Waals surface area contributed by atoms with Gasteiger partial charge in [0.05, 0.1) is 6.10 Å². The second-order valence-electron chi connectivity index (χ2n) is 6.46. The van der Waals surface area contributed by atoms with Gasteiger partial charge < -0.3 is 5.11 Å². The molecule has 3 nitrogen and oxygen atoms in total. The fourth-order valence-corrected chi connectivity index (χ4v) is 3.64. The minimum Gasteiger partial charge on any atom is -0.391 e. The average molecular weight is 268 g/mol. The molecule has 0 spiro atoms. The molecule has 3 unspecified atom stereocenters. The first-order valence-corrected chi connectivity index (χ1v) is 8.38. The lowest BCUT2D eigenvalue weighted by atomic mass is 9.92. The fourth-order valence-electron chi connectivity index (χ4n) is 3.64. The Morgan fingerprint density at radius 1 is 1.00 bits per heavy atom. The van der Waals surface area contributed by atoms with E-state index in [-0.39, 0.29) is 6.10 Å². The lowest BCUT2D eigenvalue weighted by Crippen LogP contribution is -2.55. The lowest BCUT2D eigenvalue weighted by molar-refractivity contribution is -0.00113. The highest BCUT2D eigenvalue weighted by Crippen LogP contribution is 2.23. The summed E-state index contributed by atoms with van der Waals surface area (Å²) in [6, 6.07) is 1.14. The van der Waals surface area contributed by atoms with E-state index in [4.69, 9.17) is 0 Å². The van der Waals surface area contributed by atoms with E-state index >= 15 is 0 Å². The molecule has 1 saturated carbocycles. The topological polar surface area (TPSA) is 26.7 Å². The fraction of sp³-hybridized carbons (Fsp3) is 1.00. The van der Waals surface area contributed by atoms with Gasteiger partial charge in [-0.1, -0.05) is 32.6 Å². The van der Waals surface area contributed by atoms with Crippen LogP contribution in [-0.2, 0) is 0 Å². The van der Waals surface area contributed by atoms with Crippen LogP contribution < -0.4 is 0 Å². The molecule has 2 aliphatic rings. The molecule has 0 aromatic rings. The van der Waals surface area contributed by atoms with Gasteiger partial charge in [-0.2, -0.15) is 0 Å². The molecule has 0 radical (unpaired) electrons. The Labute approximate surface area is 119 Å². The van der Waals surface area contributed by atoms with Gasteiger partial charge >= 0.3 is 0 Å². The Balaban J connectivity index is 1.84. The van der Waals surface area contributed by atoms with E-state index in [2.05, 4.69) is 23.6 Å². The van der Waals surface area contributed by atoms with Crippen LogP contribution in [0.5, 0.6) is 0 Å². The van der Waals surface area contributed by atoms with Crippen molar-refractivity contribution in [3.05, 3.63) is 0 Å². The second-order valence-corrected chi connectivity index (χ2v) is 6.46. The minimum absolute atomic E-state index is 0.0875. The van der Waals surface area contributed by atoms with E-state index in [1.807, 2.05) is 0 Å². The third-order valence-electron chi connectivity index (χ3n) is 5.23. The maximum Gasteiger partial charge on any atom is 0.0695 e. The molecule has 3 heteroatoms. The molecule has 112 valence electrons. The highest BCUT2D eigenvalue weighted by molar-refractivity contribution is 4.85. The van der Waals surface area contributed by atoms with Crippen LogP contribution in [0.4, 0.5) is 0 Å². The molecule has 2 fully saturated rings. The summed E-state index contributed by atoms with van der Waals surface area (Å²) in [6.07, 6.45) is 8.54. The summed E-state index contributed by atoms with van der Waals surface area (Å²) in [5.74, 6) is 0. The van der Waals surface area contributed by atoms with Gasteiger partial charge in [0.25, 0.3) is 0 Å². The van der Waals surface area contributed by atoms with Crippen molar-refractivity contribution in [1.82, 2.24) is 9.80 Å². The maximum atomic E-state index is 10.4. The Bertz CT molecular complexity index is 251. The number of nitrogens with zero attached hydrogens (tertiary/aromatic N) is 2. The Kier molecular flexibility index (Phi) is 6.11. The summed E-state index contributed by atoms with van der Waals surface area (Å²) >= 11 is 0. The van der Waals surface area contributed by atoms with Crippen molar-refractivity contribution in [2.75, 3.05) is 26.2 Å². The maximum absolute atomic E-state index is 10.4.